The normalized spacial score (nSPS) is 10.8. The lowest BCUT2D eigenvalue weighted by molar-refractivity contribution is -0.112. The van der Waals surface area contributed by atoms with Crippen molar-refractivity contribution in [3.05, 3.63) is 42.5 Å². The van der Waals surface area contributed by atoms with E-state index in [1.807, 2.05) is 18.2 Å². The minimum atomic E-state index is -2.36. The minimum Gasteiger partial charge on any atom is -0.760 e. The predicted molar refractivity (Wildman–Crippen MR) is 57.8 cm³/mol. The summed E-state index contributed by atoms with van der Waals surface area (Å²) in [5.41, 5.74) is 6.16. The van der Waals surface area contributed by atoms with E-state index < -0.39 is 17.2 Å². The molecular formula is C9H11N2O3S-. The summed E-state index contributed by atoms with van der Waals surface area (Å²) >= 11 is -2.36. The summed E-state index contributed by atoms with van der Waals surface area (Å²) in [6.07, 6.45) is 0. The van der Waals surface area contributed by atoms with E-state index in [4.69, 9.17) is 14.5 Å². The third-order valence-electron chi connectivity index (χ3n) is 1.42. The van der Waals surface area contributed by atoms with Crippen LogP contribution in [-0.4, -0.2) is 14.7 Å². The average molecular weight is 227 g/mol. The van der Waals surface area contributed by atoms with Crippen molar-refractivity contribution in [3.63, 3.8) is 0 Å². The summed E-state index contributed by atoms with van der Waals surface area (Å²) < 4.78 is 17.6. The van der Waals surface area contributed by atoms with Gasteiger partial charge >= 0.3 is 0 Å². The monoisotopic (exact) mass is 227 g/mol. The van der Waals surface area contributed by atoms with Crippen LogP contribution in [0.25, 0.3) is 5.57 Å². The smallest absolute Gasteiger partial charge is 0.248 e. The first-order valence-corrected chi connectivity index (χ1v) is 4.96. The molecule has 0 aliphatic rings. The zero-order chi connectivity index (χ0) is 11.8. The van der Waals surface area contributed by atoms with Crippen LogP contribution in [0.2, 0.25) is 0 Å². The fourth-order valence-corrected chi connectivity index (χ4v) is 0.782. The molecule has 1 amide bonds. The number of nitrogens with two attached hydrogens (primary N) is 2. The number of carbonyl (C=O) groups is 1. The van der Waals surface area contributed by atoms with Gasteiger partial charge in [-0.25, -0.2) is 0 Å². The molecule has 82 valence electrons. The van der Waals surface area contributed by atoms with Crippen molar-refractivity contribution in [1.82, 2.24) is 0 Å². The second kappa shape index (κ2) is 6.88. The van der Waals surface area contributed by atoms with Crippen molar-refractivity contribution >= 4 is 22.7 Å². The van der Waals surface area contributed by atoms with Gasteiger partial charge in [0, 0.05) is 16.8 Å². The van der Waals surface area contributed by atoms with Gasteiger partial charge in [-0.2, -0.15) is 0 Å². The van der Waals surface area contributed by atoms with E-state index in [2.05, 4.69) is 11.7 Å². The maximum atomic E-state index is 10.6. The molecule has 15 heavy (non-hydrogen) atoms. The van der Waals surface area contributed by atoms with Gasteiger partial charge < -0.3 is 10.3 Å². The van der Waals surface area contributed by atoms with Crippen LogP contribution >= 0.6 is 0 Å². The molecule has 0 aromatic heterocycles. The lowest BCUT2D eigenvalue weighted by Gasteiger charge is -1.98. The number of hydrogen-bond acceptors (Lipinski definition) is 3. The largest absolute Gasteiger partial charge is 0.760 e. The minimum absolute atomic E-state index is 0.352. The SMILES string of the molecule is C=C(C(N)=O)c1ccccc1.NS(=O)[O-]. The van der Waals surface area contributed by atoms with E-state index in [9.17, 15) is 4.79 Å². The second-order valence-electron chi connectivity index (χ2n) is 2.47. The Bertz CT molecular complexity index is 361. The molecule has 0 saturated carbocycles. The van der Waals surface area contributed by atoms with Crippen LogP contribution in [-0.2, 0) is 16.1 Å². The van der Waals surface area contributed by atoms with Crippen LogP contribution in [0.4, 0.5) is 0 Å². The molecule has 1 rings (SSSR count). The summed E-state index contributed by atoms with van der Waals surface area (Å²) in [6.45, 7) is 3.55. The predicted octanol–water partition coefficient (Wildman–Crippen LogP) is -0.0757. The summed E-state index contributed by atoms with van der Waals surface area (Å²) in [5, 5.41) is 4.03. The molecule has 0 spiro atoms. The highest BCUT2D eigenvalue weighted by Gasteiger charge is 2.02. The van der Waals surface area contributed by atoms with E-state index in [1.165, 1.54) is 0 Å². The third kappa shape index (κ3) is 6.55. The van der Waals surface area contributed by atoms with Crippen molar-refractivity contribution in [2.24, 2.45) is 10.9 Å². The molecule has 1 unspecified atom stereocenters. The highest BCUT2D eigenvalue weighted by Crippen LogP contribution is 2.09. The number of primary amides is 1. The van der Waals surface area contributed by atoms with Crippen LogP contribution in [0.5, 0.6) is 0 Å². The Labute approximate surface area is 90.2 Å². The Morgan fingerprint density at radius 1 is 1.33 bits per heavy atom. The molecule has 0 radical (unpaired) electrons. The molecule has 0 heterocycles. The molecule has 0 fully saturated rings. The van der Waals surface area contributed by atoms with Gasteiger partial charge in [0.05, 0.1) is 0 Å². The number of hydrogen-bond donors (Lipinski definition) is 2. The first kappa shape index (κ1) is 13.5. The molecule has 4 N–H and O–H groups in total. The molecular weight excluding hydrogens is 216 g/mol. The summed E-state index contributed by atoms with van der Waals surface area (Å²) in [6, 6.07) is 9.14. The zero-order valence-electron chi connectivity index (χ0n) is 7.88. The lowest BCUT2D eigenvalue weighted by Crippen LogP contribution is -2.11. The van der Waals surface area contributed by atoms with Gasteiger partial charge in [-0.05, 0) is 5.56 Å². The fraction of sp³-hybridized carbons (Fsp3) is 0. The Morgan fingerprint density at radius 2 is 1.73 bits per heavy atom. The zero-order valence-corrected chi connectivity index (χ0v) is 8.70. The van der Waals surface area contributed by atoms with Crippen molar-refractivity contribution in [1.29, 1.82) is 0 Å². The van der Waals surface area contributed by atoms with Gasteiger partial charge in [0.25, 0.3) is 0 Å². The molecule has 0 bridgehead atoms. The average Bonchev–Trinajstić information content (AvgIpc) is 2.17. The van der Waals surface area contributed by atoms with E-state index in [0.717, 1.165) is 5.56 Å². The Morgan fingerprint density at radius 3 is 2.07 bits per heavy atom. The Balaban J connectivity index is 0.000000423. The molecule has 1 atom stereocenters. The van der Waals surface area contributed by atoms with Gasteiger partial charge in [-0.3, -0.25) is 14.1 Å². The van der Waals surface area contributed by atoms with Gasteiger partial charge in [-0.15, -0.1) is 0 Å². The molecule has 1 aromatic rings. The van der Waals surface area contributed by atoms with E-state index >= 15 is 0 Å². The first-order valence-electron chi connectivity index (χ1n) is 3.83. The van der Waals surface area contributed by atoms with Crippen molar-refractivity contribution < 1.29 is 13.6 Å². The summed E-state index contributed by atoms with van der Waals surface area (Å²) in [5.74, 6) is -0.476. The summed E-state index contributed by atoms with van der Waals surface area (Å²) in [7, 11) is 0. The Hall–Kier alpha value is -1.50. The molecule has 6 heteroatoms. The fourth-order valence-electron chi connectivity index (χ4n) is 0.782. The number of amides is 1. The highest BCUT2D eigenvalue weighted by molar-refractivity contribution is 7.76. The second-order valence-corrected chi connectivity index (χ2v) is 2.99. The van der Waals surface area contributed by atoms with Crippen LogP contribution in [0.3, 0.4) is 0 Å². The van der Waals surface area contributed by atoms with Crippen LogP contribution in [0.15, 0.2) is 36.9 Å². The van der Waals surface area contributed by atoms with Crippen molar-refractivity contribution in [2.45, 2.75) is 0 Å². The molecule has 0 saturated heterocycles. The molecule has 0 aliphatic carbocycles. The first-order chi connectivity index (χ1) is 6.95. The van der Waals surface area contributed by atoms with E-state index in [1.54, 1.807) is 12.1 Å². The van der Waals surface area contributed by atoms with Gasteiger partial charge in [0.1, 0.15) is 0 Å². The quantitative estimate of drug-likeness (QED) is 0.544. The summed E-state index contributed by atoms with van der Waals surface area (Å²) in [4.78, 5) is 10.6. The maximum absolute atomic E-state index is 10.6. The van der Waals surface area contributed by atoms with E-state index in [-0.39, 0.29) is 0 Å². The topological polar surface area (TPSA) is 109 Å². The van der Waals surface area contributed by atoms with Crippen LogP contribution in [0.1, 0.15) is 5.56 Å². The van der Waals surface area contributed by atoms with Gasteiger partial charge in [0.2, 0.25) is 5.91 Å². The number of rotatable bonds is 2. The van der Waals surface area contributed by atoms with Crippen molar-refractivity contribution in [2.75, 3.05) is 0 Å². The molecule has 0 aliphatic heterocycles. The van der Waals surface area contributed by atoms with Gasteiger partial charge in [0.15, 0.2) is 0 Å². The number of benzene rings is 1. The van der Waals surface area contributed by atoms with E-state index in [0.29, 0.717) is 5.57 Å². The maximum Gasteiger partial charge on any atom is 0.248 e. The lowest BCUT2D eigenvalue weighted by atomic mass is 10.1. The standard InChI is InChI=1S/C9H9NO.H3NO2S/c1-7(9(10)11)8-5-3-2-4-6-8;1-4(2)3/h2-6H,1H2,(H2,10,11);1H2,(H,2,3)/p-1. The highest BCUT2D eigenvalue weighted by atomic mass is 32.2. The molecule has 1 aromatic carbocycles. The number of carbonyl (C=O) groups excluding carboxylic acids is 1. The van der Waals surface area contributed by atoms with Crippen molar-refractivity contribution in [3.8, 4) is 0 Å². The third-order valence-corrected chi connectivity index (χ3v) is 1.42. The van der Waals surface area contributed by atoms with Gasteiger partial charge in [-0.1, -0.05) is 36.9 Å². The molecule has 5 nitrogen and oxygen atoms in total. The Kier molecular flexibility index (Phi) is 6.19. The van der Waals surface area contributed by atoms with Crippen LogP contribution < -0.4 is 10.9 Å². The van der Waals surface area contributed by atoms with Crippen LogP contribution in [0, 0.1) is 0 Å².